The maximum absolute atomic E-state index is 11.9. The van der Waals surface area contributed by atoms with Crippen LogP contribution in [0, 0.1) is 16.2 Å². The van der Waals surface area contributed by atoms with Gasteiger partial charge >= 0.3 is 5.69 Å². The number of benzene rings is 2. The van der Waals surface area contributed by atoms with Crippen molar-refractivity contribution in [3.63, 3.8) is 0 Å². The van der Waals surface area contributed by atoms with E-state index < -0.39 is 0 Å². The first-order valence-electron chi connectivity index (χ1n) is 7.53. The maximum atomic E-state index is 11.9. The zero-order chi connectivity index (χ0) is 18.5. The molecular weight excluding hydrogens is 338 g/mol. The van der Waals surface area contributed by atoms with E-state index in [1.165, 1.54) is 7.11 Å². The van der Waals surface area contributed by atoms with E-state index in [1.54, 1.807) is 42.5 Å². The van der Waals surface area contributed by atoms with Crippen molar-refractivity contribution in [2.24, 2.45) is 0 Å². The van der Waals surface area contributed by atoms with E-state index in [0.717, 1.165) is 0 Å². The first kappa shape index (κ1) is 16.9. The van der Waals surface area contributed by atoms with E-state index in [1.807, 2.05) is 6.07 Å². The molecule has 0 aliphatic heterocycles. The molecule has 0 atom stereocenters. The molecule has 1 amide bonds. The second-order valence-electron chi connectivity index (χ2n) is 5.21. The van der Waals surface area contributed by atoms with Crippen molar-refractivity contribution in [2.75, 3.05) is 19.0 Å². The van der Waals surface area contributed by atoms with E-state index in [4.69, 9.17) is 10.00 Å². The Morgan fingerprint density at radius 1 is 1.31 bits per heavy atom. The van der Waals surface area contributed by atoms with Crippen molar-refractivity contribution in [2.45, 2.75) is 0 Å². The predicted octanol–water partition coefficient (Wildman–Crippen LogP) is 2.42. The summed E-state index contributed by atoms with van der Waals surface area (Å²) in [7, 11) is 1.27. The number of rotatable bonds is 6. The lowest BCUT2D eigenvalue weighted by molar-refractivity contribution is -0.736. The van der Waals surface area contributed by atoms with Crippen molar-refractivity contribution < 1.29 is 19.3 Å². The van der Waals surface area contributed by atoms with Gasteiger partial charge in [0.25, 0.3) is 16.8 Å². The first-order valence-corrected chi connectivity index (χ1v) is 7.53. The second-order valence-corrected chi connectivity index (χ2v) is 5.21. The Morgan fingerprint density at radius 2 is 2.08 bits per heavy atom. The molecule has 26 heavy (non-hydrogen) atoms. The van der Waals surface area contributed by atoms with E-state index in [0.29, 0.717) is 32.9 Å². The van der Waals surface area contributed by atoms with Gasteiger partial charge in [-0.15, -0.1) is 0 Å². The number of anilines is 1. The van der Waals surface area contributed by atoms with Gasteiger partial charge in [-0.1, -0.05) is 0 Å². The van der Waals surface area contributed by atoms with Crippen LogP contribution in [0.2, 0.25) is 0 Å². The Kier molecular flexibility index (Phi) is 4.76. The highest BCUT2D eigenvalue weighted by Gasteiger charge is 2.16. The molecule has 1 heterocycles. The second kappa shape index (κ2) is 7.31. The fraction of sp³-hybridized carbons (Fsp3) is 0.118. The summed E-state index contributed by atoms with van der Waals surface area (Å²) < 4.78 is 5.34. The minimum absolute atomic E-state index is 0.155. The lowest BCUT2D eigenvalue weighted by Gasteiger charge is -2.05. The number of hydrogen-bond acceptors (Lipinski definition) is 6. The third-order valence-corrected chi connectivity index (χ3v) is 3.46. The molecule has 0 saturated carbocycles. The van der Waals surface area contributed by atoms with Crippen LogP contribution in [0.15, 0.2) is 42.5 Å². The van der Waals surface area contributed by atoms with E-state index >= 15 is 0 Å². The number of aromatic amines is 1. The van der Waals surface area contributed by atoms with Gasteiger partial charge < -0.3 is 15.0 Å². The van der Waals surface area contributed by atoms with Crippen molar-refractivity contribution in [1.82, 2.24) is 9.97 Å². The SMILES string of the molecule is CO[N+](=O)c1ccc2nc(OCC(=O)Nc3ccc(C#N)cc3)[nH]c2c1. The zero-order valence-corrected chi connectivity index (χ0v) is 13.7. The number of carbonyl (C=O) groups excluding carboxylic acids is 1. The van der Waals surface area contributed by atoms with Crippen LogP contribution in [0.1, 0.15) is 5.56 Å². The van der Waals surface area contributed by atoms with Crippen molar-refractivity contribution in [3.05, 3.63) is 52.9 Å². The fourth-order valence-corrected chi connectivity index (χ4v) is 2.22. The molecule has 130 valence electrons. The third kappa shape index (κ3) is 3.76. The van der Waals surface area contributed by atoms with Gasteiger partial charge in [0.2, 0.25) is 0 Å². The van der Waals surface area contributed by atoms with Gasteiger partial charge in [-0.3, -0.25) is 4.79 Å². The van der Waals surface area contributed by atoms with E-state index in [-0.39, 0.29) is 18.5 Å². The molecule has 0 aliphatic rings. The number of nitriles is 1. The van der Waals surface area contributed by atoms with Gasteiger partial charge in [-0.05, 0) is 30.3 Å². The lowest BCUT2D eigenvalue weighted by Crippen LogP contribution is -2.20. The van der Waals surface area contributed by atoms with Gasteiger partial charge in [0.1, 0.15) is 0 Å². The topological polar surface area (TPSA) is 120 Å². The molecule has 1 aromatic heterocycles. The minimum Gasteiger partial charge on any atom is -0.455 e. The predicted molar refractivity (Wildman–Crippen MR) is 91.7 cm³/mol. The average molecular weight is 352 g/mol. The molecular formula is C17H14N5O4+. The number of nitrogens with one attached hydrogen (secondary N) is 2. The minimum atomic E-state index is -0.374. The largest absolute Gasteiger partial charge is 0.455 e. The standard InChI is InChI=1S/C17H13N5O4/c1-25-22(24)13-6-7-14-15(8-13)21-17(20-14)26-10-16(23)19-12-4-2-11(9-18)3-5-12/h2-8H,10H2,1H3,(H-,19,20,21,23,24)/p+1. The summed E-state index contributed by atoms with van der Waals surface area (Å²) in [5, 5.41) is 11.4. The van der Waals surface area contributed by atoms with Crippen LogP contribution in [-0.2, 0) is 9.63 Å². The summed E-state index contributed by atoms with van der Waals surface area (Å²) in [4.78, 5) is 35.4. The smallest absolute Gasteiger partial charge is 0.318 e. The zero-order valence-electron chi connectivity index (χ0n) is 13.7. The van der Waals surface area contributed by atoms with Gasteiger partial charge in [0.15, 0.2) is 13.7 Å². The van der Waals surface area contributed by atoms with Gasteiger partial charge in [-0.2, -0.15) is 10.2 Å². The van der Waals surface area contributed by atoms with Crippen LogP contribution in [0.3, 0.4) is 0 Å². The maximum Gasteiger partial charge on any atom is 0.318 e. The molecule has 2 N–H and O–H groups in total. The van der Waals surface area contributed by atoms with Crippen LogP contribution in [0.5, 0.6) is 6.01 Å². The molecule has 0 bridgehead atoms. The Bertz CT molecular complexity index is 1000. The summed E-state index contributed by atoms with van der Waals surface area (Å²) in [5.41, 5.74) is 2.52. The molecule has 0 saturated heterocycles. The Hall–Kier alpha value is -3.93. The Labute approximate surface area is 147 Å². The van der Waals surface area contributed by atoms with Crippen molar-refractivity contribution in [1.29, 1.82) is 5.26 Å². The average Bonchev–Trinajstić information content (AvgIpc) is 3.08. The summed E-state index contributed by atoms with van der Waals surface area (Å²) in [6, 6.07) is 13.4. The molecule has 3 rings (SSSR count). The van der Waals surface area contributed by atoms with Gasteiger partial charge in [-0.25, -0.2) is 4.84 Å². The molecule has 3 aromatic rings. The van der Waals surface area contributed by atoms with Crippen LogP contribution < -0.4 is 10.1 Å². The number of H-pyrrole nitrogens is 1. The molecule has 0 aliphatic carbocycles. The highest BCUT2D eigenvalue weighted by atomic mass is 16.8. The summed E-state index contributed by atoms with van der Waals surface area (Å²) in [6.45, 7) is -0.252. The fourth-order valence-electron chi connectivity index (χ4n) is 2.22. The number of nitrogens with zero attached hydrogens (tertiary/aromatic N) is 3. The van der Waals surface area contributed by atoms with Gasteiger partial charge in [0, 0.05) is 17.8 Å². The Balaban J connectivity index is 1.62. The normalized spacial score (nSPS) is 10.2. The molecule has 2 aromatic carbocycles. The molecule has 0 spiro atoms. The molecule has 0 unspecified atom stereocenters. The third-order valence-electron chi connectivity index (χ3n) is 3.46. The number of hydrogen-bond donors (Lipinski definition) is 2. The van der Waals surface area contributed by atoms with E-state index in [9.17, 15) is 9.70 Å². The number of amides is 1. The molecule has 9 nitrogen and oxygen atoms in total. The monoisotopic (exact) mass is 352 g/mol. The quantitative estimate of drug-likeness (QED) is 0.657. The molecule has 0 radical (unpaired) electrons. The number of fused-ring (bicyclic) bond motifs is 1. The van der Waals surface area contributed by atoms with Crippen molar-refractivity contribution >= 4 is 28.3 Å². The van der Waals surface area contributed by atoms with Crippen LogP contribution in [0.4, 0.5) is 11.4 Å². The summed E-state index contributed by atoms with van der Waals surface area (Å²) in [6.07, 6.45) is 0. The number of ether oxygens (including phenoxy) is 1. The first-order chi connectivity index (χ1) is 12.6. The van der Waals surface area contributed by atoms with Gasteiger partial charge in [0.05, 0.1) is 27.6 Å². The van der Waals surface area contributed by atoms with E-state index in [2.05, 4.69) is 20.1 Å². The van der Waals surface area contributed by atoms with Crippen LogP contribution in [-0.4, -0.2) is 34.5 Å². The highest BCUT2D eigenvalue weighted by molar-refractivity contribution is 5.91. The Morgan fingerprint density at radius 3 is 2.77 bits per heavy atom. The number of aromatic nitrogens is 2. The highest BCUT2D eigenvalue weighted by Crippen LogP contribution is 2.21. The number of carbonyl (C=O) groups is 1. The molecule has 0 fully saturated rings. The molecule has 9 heteroatoms. The summed E-state index contributed by atoms with van der Waals surface area (Å²) in [5.74, 6) is -0.374. The lowest BCUT2D eigenvalue weighted by atomic mass is 10.2. The number of imidazole rings is 1. The van der Waals surface area contributed by atoms with Crippen molar-refractivity contribution in [3.8, 4) is 12.1 Å². The van der Waals surface area contributed by atoms with Crippen LogP contribution in [0.25, 0.3) is 11.0 Å². The summed E-state index contributed by atoms with van der Waals surface area (Å²) >= 11 is 0. The van der Waals surface area contributed by atoms with Crippen LogP contribution >= 0.6 is 0 Å².